The van der Waals surface area contributed by atoms with Crippen LogP contribution in [-0.4, -0.2) is 29.9 Å². The number of anilines is 2. The summed E-state index contributed by atoms with van der Waals surface area (Å²) in [6.07, 6.45) is 3.58. The fourth-order valence-corrected chi connectivity index (χ4v) is 3.80. The summed E-state index contributed by atoms with van der Waals surface area (Å²) >= 11 is 0. The highest BCUT2D eigenvalue weighted by Crippen LogP contribution is 2.32. The summed E-state index contributed by atoms with van der Waals surface area (Å²) in [6.45, 7) is 7.86. The molecule has 0 spiro atoms. The molecule has 0 bridgehead atoms. The van der Waals surface area contributed by atoms with Crippen LogP contribution in [0.5, 0.6) is 0 Å². The molecule has 1 aromatic carbocycles. The second-order valence-electron chi connectivity index (χ2n) is 7.13. The first-order valence-corrected chi connectivity index (χ1v) is 8.71. The molecule has 1 aromatic rings. The lowest BCUT2D eigenvalue weighted by atomic mass is 9.78. The fourth-order valence-electron chi connectivity index (χ4n) is 3.80. The summed E-state index contributed by atoms with van der Waals surface area (Å²) in [5.41, 5.74) is 2.38. The zero-order valence-electron chi connectivity index (χ0n) is 15.3. The maximum atomic E-state index is 12.6. The van der Waals surface area contributed by atoms with Gasteiger partial charge in [-0.15, -0.1) is 0 Å². The first kappa shape index (κ1) is 18.3. The standard InChI is InChI=1S/C19H29N3O2/c1-12-9-10-16(11-17(12)20-15(4)23)21-19(24)22(5)18-13(2)7-6-8-14(18)3/h9-11,13-14,18H,6-8H2,1-5H3,(H,20,23)(H,21,24)/t13-,14-/m1/s1. The van der Waals surface area contributed by atoms with E-state index in [0.29, 0.717) is 17.5 Å². The van der Waals surface area contributed by atoms with Crippen LogP contribution >= 0.6 is 0 Å². The van der Waals surface area contributed by atoms with E-state index < -0.39 is 0 Å². The quantitative estimate of drug-likeness (QED) is 0.870. The molecule has 0 aromatic heterocycles. The predicted octanol–water partition coefficient (Wildman–Crippen LogP) is 4.24. The number of aryl methyl sites for hydroxylation is 1. The molecule has 0 saturated heterocycles. The Kier molecular flexibility index (Phi) is 5.86. The minimum atomic E-state index is -0.122. The van der Waals surface area contributed by atoms with Crippen LogP contribution in [0.4, 0.5) is 16.2 Å². The molecule has 1 fully saturated rings. The number of nitrogens with zero attached hydrogens (tertiary/aromatic N) is 1. The van der Waals surface area contributed by atoms with E-state index in [1.807, 2.05) is 31.0 Å². The Labute approximate surface area is 144 Å². The van der Waals surface area contributed by atoms with Crippen molar-refractivity contribution in [3.8, 4) is 0 Å². The third-order valence-corrected chi connectivity index (χ3v) is 5.05. The molecule has 24 heavy (non-hydrogen) atoms. The van der Waals surface area contributed by atoms with Crippen LogP contribution in [0.15, 0.2) is 18.2 Å². The van der Waals surface area contributed by atoms with E-state index in [-0.39, 0.29) is 18.0 Å². The van der Waals surface area contributed by atoms with Gasteiger partial charge in [0, 0.05) is 31.4 Å². The van der Waals surface area contributed by atoms with Gasteiger partial charge in [-0.05, 0) is 49.3 Å². The first-order valence-electron chi connectivity index (χ1n) is 8.71. The topological polar surface area (TPSA) is 61.4 Å². The van der Waals surface area contributed by atoms with Gasteiger partial charge in [-0.3, -0.25) is 4.79 Å². The van der Waals surface area contributed by atoms with Gasteiger partial charge in [-0.1, -0.05) is 26.3 Å². The Hall–Kier alpha value is -2.04. The monoisotopic (exact) mass is 331 g/mol. The highest BCUT2D eigenvalue weighted by atomic mass is 16.2. The SMILES string of the molecule is CC(=O)Nc1cc(NC(=O)N(C)C2[C@H](C)CCC[C@H]2C)ccc1C. The van der Waals surface area contributed by atoms with Crippen LogP contribution in [-0.2, 0) is 4.79 Å². The van der Waals surface area contributed by atoms with Gasteiger partial charge in [-0.2, -0.15) is 0 Å². The molecule has 2 rings (SSSR count). The number of carbonyl (C=O) groups is 2. The van der Waals surface area contributed by atoms with Gasteiger partial charge in [-0.25, -0.2) is 4.79 Å². The maximum Gasteiger partial charge on any atom is 0.321 e. The molecule has 0 aliphatic heterocycles. The zero-order valence-corrected chi connectivity index (χ0v) is 15.3. The van der Waals surface area contributed by atoms with Crippen molar-refractivity contribution in [2.75, 3.05) is 17.7 Å². The van der Waals surface area contributed by atoms with E-state index in [1.54, 1.807) is 6.07 Å². The number of urea groups is 1. The molecule has 2 N–H and O–H groups in total. The van der Waals surface area contributed by atoms with Gasteiger partial charge in [0.15, 0.2) is 0 Å². The van der Waals surface area contributed by atoms with E-state index >= 15 is 0 Å². The molecule has 3 amide bonds. The smallest absolute Gasteiger partial charge is 0.321 e. The highest BCUT2D eigenvalue weighted by molar-refractivity contribution is 5.93. The van der Waals surface area contributed by atoms with Crippen molar-refractivity contribution in [1.82, 2.24) is 4.90 Å². The lowest BCUT2D eigenvalue weighted by Gasteiger charge is -2.40. The largest absolute Gasteiger partial charge is 0.326 e. The van der Waals surface area contributed by atoms with Crippen LogP contribution in [0.1, 0.15) is 45.6 Å². The van der Waals surface area contributed by atoms with Crippen LogP contribution in [0.3, 0.4) is 0 Å². The molecule has 5 nitrogen and oxygen atoms in total. The third-order valence-electron chi connectivity index (χ3n) is 5.05. The second kappa shape index (κ2) is 7.69. The Bertz CT molecular complexity index is 605. The van der Waals surface area contributed by atoms with Gasteiger partial charge in [0.2, 0.25) is 5.91 Å². The number of nitrogens with one attached hydrogen (secondary N) is 2. The number of amides is 3. The van der Waals surface area contributed by atoms with E-state index in [0.717, 1.165) is 11.3 Å². The number of hydrogen-bond acceptors (Lipinski definition) is 2. The Balaban J connectivity index is 2.09. The van der Waals surface area contributed by atoms with Crippen molar-refractivity contribution < 1.29 is 9.59 Å². The average Bonchev–Trinajstić information content (AvgIpc) is 2.49. The summed E-state index contributed by atoms with van der Waals surface area (Å²) in [5, 5.41) is 5.75. The molecule has 5 heteroatoms. The van der Waals surface area contributed by atoms with Crippen LogP contribution in [0.2, 0.25) is 0 Å². The highest BCUT2D eigenvalue weighted by Gasteiger charge is 2.33. The van der Waals surface area contributed by atoms with Crippen LogP contribution in [0, 0.1) is 18.8 Å². The van der Waals surface area contributed by atoms with Crippen molar-refractivity contribution in [3.63, 3.8) is 0 Å². The summed E-state index contributed by atoms with van der Waals surface area (Å²) in [6, 6.07) is 5.72. The molecule has 2 atom stereocenters. The molecular weight excluding hydrogens is 302 g/mol. The molecule has 0 unspecified atom stereocenters. The van der Waals surface area contributed by atoms with Crippen molar-refractivity contribution in [2.24, 2.45) is 11.8 Å². The molecular formula is C19H29N3O2. The van der Waals surface area contributed by atoms with Gasteiger partial charge in [0.05, 0.1) is 0 Å². The van der Waals surface area contributed by atoms with Crippen molar-refractivity contribution in [1.29, 1.82) is 0 Å². The molecule has 132 valence electrons. The zero-order chi connectivity index (χ0) is 17.9. The van der Waals surface area contributed by atoms with Crippen LogP contribution < -0.4 is 10.6 Å². The number of benzene rings is 1. The number of hydrogen-bond donors (Lipinski definition) is 2. The molecule has 0 radical (unpaired) electrons. The Morgan fingerprint density at radius 3 is 2.33 bits per heavy atom. The van der Waals surface area contributed by atoms with Gasteiger partial charge in [0.25, 0.3) is 0 Å². The summed E-state index contributed by atoms with van der Waals surface area (Å²) in [5.74, 6) is 0.901. The van der Waals surface area contributed by atoms with E-state index in [2.05, 4.69) is 24.5 Å². The van der Waals surface area contributed by atoms with Crippen molar-refractivity contribution in [2.45, 2.75) is 53.0 Å². The molecule has 1 saturated carbocycles. The lowest BCUT2D eigenvalue weighted by Crippen LogP contribution is -2.48. The first-order chi connectivity index (χ1) is 11.3. The van der Waals surface area contributed by atoms with E-state index in [1.165, 1.54) is 26.2 Å². The summed E-state index contributed by atoms with van der Waals surface area (Å²) in [4.78, 5) is 25.8. The van der Waals surface area contributed by atoms with Crippen LogP contribution in [0.25, 0.3) is 0 Å². The maximum absolute atomic E-state index is 12.6. The van der Waals surface area contributed by atoms with E-state index in [4.69, 9.17) is 0 Å². The van der Waals surface area contributed by atoms with Crippen molar-refractivity contribution >= 4 is 23.3 Å². The Morgan fingerprint density at radius 1 is 1.12 bits per heavy atom. The second-order valence-corrected chi connectivity index (χ2v) is 7.13. The van der Waals surface area contributed by atoms with Gasteiger partial charge >= 0.3 is 6.03 Å². The molecule has 0 heterocycles. The van der Waals surface area contributed by atoms with E-state index in [9.17, 15) is 9.59 Å². The molecule has 1 aliphatic rings. The normalized spacial score (nSPS) is 21.2. The number of rotatable bonds is 3. The predicted molar refractivity (Wildman–Crippen MR) is 98.2 cm³/mol. The molecule has 1 aliphatic carbocycles. The van der Waals surface area contributed by atoms with Gasteiger partial charge in [0.1, 0.15) is 0 Å². The number of carbonyl (C=O) groups excluding carboxylic acids is 2. The summed E-state index contributed by atoms with van der Waals surface area (Å²) in [7, 11) is 1.88. The third kappa shape index (κ3) is 4.28. The van der Waals surface area contributed by atoms with Crippen molar-refractivity contribution in [3.05, 3.63) is 23.8 Å². The Morgan fingerprint density at radius 2 is 1.75 bits per heavy atom. The summed E-state index contributed by atoms with van der Waals surface area (Å²) < 4.78 is 0. The average molecular weight is 331 g/mol. The minimum Gasteiger partial charge on any atom is -0.326 e. The lowest BCUT2D eigenvalue weighted by molar-refractivity contribution is -0.114. The van der Waals surface area contributed by atoms with Gasteiger partial charge < -0.3 is 15.5 Å². The minimum absolute atomic E-state index is 0.0989. The fraction of sp³-hybridized carbons (Fsp3) is 0.579.